The molecule has 0 aliphatic carbocycles. The highest BCUT2D eigenvalue weighted by atomic mass is 32.2. The van der Waals surface area contributed by atoms with Crippen molar-refractivity contribution in [3.05, 3.63) is 77.6 Å². The Labute approximate surface area is 201 Å². The predicted octanol–water partition coefficient (Wildman–Crippen LogP) is 4.45. The van der Waals surface area contributed by atoms with Gasteiger partial charge in [-0.05, 0) is 50.9 Å². The molecule has 1 fully saturated rings. The maximum atomic E-state index is 13.2. The van der Waals surface area contributed by atoms with E-state index < -0.39 is 0 Å². The first-order valence-corrected chi connectivity index (χ1v) is 12.7. The lowest BCUT2D eigenvalue weighted by Gasteiger charge is -2.27. The molecule has 0 spiro atoms. The summed E-state index contributed by atoms with van der Waals surface area (Å²) < 4.78 is 2.18. The Morgan fingerprint density at radius 1 is 0.939 bits per heavy atom. The third kappa shape index (κ3) is 6.45. The molecule has 0 bridgehead atoms. The van der Waals surface area contributed by atoms with Gasteiger partial charge in [-0.1, -0.05) is 72.4 Å². The lowest BCUT2D eigenvalue weighted by molar-refractivity contribution is -0.130. The van der Waals surface area contributed by atoms with Crippen LogP contribution in [0.3, 0.4) is 0 Å². The average molecular weight is 464 g/mol. The molecular weight excluding hydrogens is 430 g/mol. The Balaban J connectivity index is 1.47. The molecule has 1 aromatic heterocycles. The lowest BCUT2D eigenvalue weighted by Crippen LogP contribution is -2.37. The molecule has 2 aromatic carbocycles. The maximum Gasteiger partial charge on any atom is 0.233 e. The summed E-state index contributed by atoms with van der Waals surface area (Å²) in [6, 6.07) is 20.7. The van der Waals surface area contributed by atoms with Crippen molar-refractivity contribution in [3.63, 3.8) is 0 Å². The SMILES string of the molecule is CC(C)N(Cc1ccccc1)C(=O)CSc1nnc(CN2CCCC2)n1Cc1ccccc1. The zero-order chi connectivity index (χ0) is 23.0. The van der Waals surface area contributed by atoms with Crippen LogP contribution in [0.5, 0.6) is 0 Å². The minimum atomic E-state index is 0.120. The van der Waals surface area contributed by atoms with Crippen molar-refractivity contribution in [2.45, 2.75) is 57.5 Å². The van der Waals surface area contributed by atoms with Crippen LogP contribution in [0.4, 0.5) is 0 Å². The van der Waals surface area contributed by atoms with Crippen LogP contribution in [0.2, 0.25) is 0 Å². The number of thioether (sulfide) groups is 1. The second kappa shape index (κ2) is 11.5. The number of amides is 1. The number of hydrogen-bond acceptors (Lipinski definition) is 5. The quantitative estimate of drug-likeness (QED) is 0.416. The monoisotopic (exact) mass is 463 g/mol. The maximum absolute atomic E-state index is 13.2. The van der Waals surface area contributed by atoms with E-state index in [0.717, 1.165) is 36.2 Å². The molecule has 1 aliphatic rings. The van der Waals surface area contributed by atoms with Crippen LogP contribution in [0.1, 0.15) is 43.6 Å². The summed E-state index contributed by atoms with van der Waals surface area (Å²) in [4.78, 5) is 17.5. The summed E-state index contributed by atoms with van der Waals surface area (Å²) in [5, 5.41) is 9.83. The smallest absolute Gasteiger partial charge is 0.233 e. The fraction of sp³-hybridized carbons (Fsp3) is 0.423. The summed E-state index contributed by atoms with van der Waals surface area (Å²) in [6.45, 7) is 8.50. The van der Waals surface area contributed by atoms with Gasteiger partial charge in [0.25, 0.3) is 0 Å². The van der Waals surface area contributed by atoms with Gasteiger partial charge in [-0.15, -0.1) is 10.2 Å². The van der Waals surface area contributed by atoms with E-state index in [-0.39, 0.29) is 11.9 Å². The van der Waals surface area contributed by atoms with Gasteiger partial charge in [0.2, 0.25) is 5.91 Å². The van der Waals surface area contributed by atoms with Crippen molar-refractivity contribution in [1.82, 2.24) is 24.6 Å². The Morgan fingerprint density at radius 3 is 2.21 bits per heavy atom. The van der Waals surface area contributed by atoms with E-state index in [2.05, 4.69) is 69.9 Å². The van der Waals surface area contributed by atoms with Gasteiger partial charge in [0.1, 0.15) is 5.82 Å². The summed E-state index contributed by atoms with van der Waals surface area (Å²) in [5.74, 6) is 1.44. The van der Waals surface area contributed by atoms with Gasteiger partial charge >= 0.3 is 0 Å². The molecule has 1 amide bonds. The van der Waals surface area contributed by atoms with Crippen LogP contribution in [0.15, 0.2) is 65.8 Å². The van der Waals surface area contributed by atoms with Gasteiger partial charge in [0, 0.05) is 12.6 Å². The standard InChI is InChI=1S/C26H33N5OS/c1-21(2)30(17-22-11-5-3-6-12-22)25(32)20-33-26-28-27-24(19-29-15-9-10-16-29)31(26)18-23-13-7-4-8-14-23/h3-8,11-14,21H,9-10,15-20H2,1-2H3. The highest BCUT2D eigenvalue weighted by Crippen LogP contribution is 2.22. The van der Waals surface area contributed by atoms with Gasteiger partial charge < -0.3 is 9.47 Å². The molecule has 0 N–H and O–H groups in total. The number of hydrogen-bond donors (Lipinski definition) is 0. The number of carbonyl (C=O) groups is 1. The summed E-state index contributed by atoms with van der Waals surface area (Å²) >= 11 is 1.49. The molecule has 2 heterocycles. The molecule has 3 aromatic rings. The molecule has 0 saturated carbocycles. The normalized spacial score (nSPS) is 14.2. The van der Waals surface area contributed by atoms with Gasteiger partial charge in [-0.25, -0.2) is 0 Å². The van der Waals surface area contributed by atoms with Crippen LogP contribution in [0, 0.1) is 0 Å². The largest absolute Gasteiger partial charge is 0.335 e. The second-order valence-electron chi connectivity index (χ2n) is 8.84. The van der Waals surface area contributed by atoms with Crippen LogP contribution in [-0.2, 0) is 24.4 Å². The van der Waals surface area contributed by atoms with Crippen molar-refractivity contribution in [3.8, 4) is 0 Å². The summed E-state index contributed by atoms with van der Waals surface area (Å²) in [7, 11) is 0. The Kier molecular flexibility index (Phi) is 8.18. The zero-order valence-corrected chi connectivity index (χ0v) is 20.4. The van der Waals surface area contributed by atoms with E-state index in [4.69, 9.17) is 0 Å². The van der Waals surface area contributed by atoms with Crippen molar-refractivity contribution in [2.24, 2.45) is 0 Å². The van der Waals surface area contributed by atoms with E-state index in [0.29, 0.717) is 18.8 Å². The third-order valence-corrected chi connectivity index (χ3v) is 6.96. The molecule has 0 radical (unpaired) electrons. The van der Waals surface area contributed by atoms with Crippen LogP contribution < -0.4 is 0 Å². The molecule has 0 atom stereocenters. The zero-order valence-electron chi connectivity index (χ0n) is 19.6. The van der Waals surface area contributed by atoms with Crippen molar-refractivity contribution < 1.29 is 4.79 Å². The second-order valence-corrected chi connectivity index (χ2v) is 9.79. The molecule has 7 heteroatoms. The first-order valence-electron chi connectivity index (χ1n) is 11.7. The number of nitrogens with zero attached hydrogens (tertiary/aromatic N) is 5. The summed E-state index contributed by atoms with van der Waals surface area (Å²) in [5.41, 5.74) is 2.35. The molecule has 6 nitrogen and oxygen atoms in total. The van der Waals surface area contributed by atoms with E-state index in [1.54, 1.807) is 0 Å². The van der Waals surface area contributed by atoms with E-state index in [9.17, 15) is 4.79 Å². The molecule has 0 unspecified atom stereocenters. The highest BCUT2D eigenvalue weighted by molar-refractivity contribution is 7.99. The number of rotatable bonds is 10. The Morgan fingerprint density at radius 2 is 1.58 bits per heavy atom. The number of benzene rings is 2. The predicted molar refractivity (Wildman–Crippen MR) is 133 cm³/mol. The van der Waals surface area contributed by atoms with Crippen LogP contribution in [0.25, 0.3) is 0 Å². The van der Waals surface area contributed by atoms with E-state index in [1.807, 2.05) is 29.2 Å². The number of aromatic nitrogens is 3. The topological polar surface area (TPSA) is 54.3 Å². The number of likely N-dealkylation sites (tertiary alicyclic amines) is 1. The van der Waals surface area contributed by atoms with Crippen LogP contribution in [-0.4, -0.2) is 55.4 Å². The molecule has 174 valence electrons. The minimum Gasteiger partial charge on any atom is -0.335 e. The van der Waals surface area contributed by atoms with Gasteiger partial charge in [0.15, 0.2) is 5.16 Å². The fourth-order valence-corrected chi connectivity index (χ4v) is 5.00. The fourth-order valence-electron chi connectivity index (χ4n) is 4.16. The first kappa shape index (κ1) is 23.5. The van der Waals surface area contributed by atoms with Gasteiger partial charge in [-0.3, -0.25) is 9.69 Å². The van der Waals surface area contributed by atoms with Gasteiger partial charge in [0.05, 0.1) is 18.8 Å². The number of carbonyl (C=O) groups excluding carboxylic acids is 1. The average Bonchev–Trinajstić information content (AvgIpc) is 3.48. The molecular formula is C26H33N5OS. The van der Waals surface area contributed by atoms with Crippen molar-refractivity contribution >= 4 is 17.7 Å². The van der Waals surface area contributed by atoms with Crippen molar-refractivity contribution in [1.29, 1.82) is 0 Å². The first-order chi connectivity index (χ1) is 16.1. The highest BCUT2D eigenvalue weighted by Gasteiger charge is 2.22. The Hall–Kier alpha value is -2.64. The van der Waals surface area contributed by atoms with Gasteiger partial charge in [-0.2, -0.15) is 0 Å². The molecule has 4 rings (SSSR count). The Bertz CT molecular complexity index is 1020. The van der Waals surface area contributed by atoms with E-state index >= 15 is 0 Å². The molecule has 33 heavy (non-hydrogen) atoms. The van der Waals surface area contributed by atoms with Crippen LogP contribution >= 0.6 is 11.8 Å². The third-order valence-electron chi connectivity index (χ3n) is 6.00. The van der Waals surface area contributed by atoms with Crippen molar-refractivity contribution in [2.75, 3.05) is 18.8 Å². The van der Waals surface area contributed by atoms with E-state index in [1.165, 1.54) is 30.2 Å². The lowest BCUT2D eigenvalue weighted by atomic mass is 10.2. The summed E-state index contributed by atoms with van der Waals surface area (Å²) in [6.07, 6.45) is 2.49. The molecule has 1 saturated heterocycles. The molecule has 1 aliphatic heterocycles. The minimum absolute atomic E-state index is 0.120.